The number of rotatable bonds is 3. The van der Waals surface area contributed by atoms with Crippen molar-refractivity contribution in [1.82, 2.24) is 10.4 Å². The molecule has 1 aliphatic rings. The predicted molar refractivity (Wildman–Crippen MR) is 95.3 cm³/mol. The number of nitrogens with one attached hydrogen (secondary N) is 2. The molecule has 2 heterocycles. The highest BCUT2D eigenvalue weighted by Crippen LogP contribution is 2.30. The molecule has 0 radical (unpaired) electrons. The summed E-state index contributed by atoms with van der Waals surface area (Å²) in [4.78, 5) is 16.3. The van der Waals surface area contributed by atoms with E-state index in [9.17, 15) is 22.4 Å². The second kappa shape index (κ2) is 6.79. The molecular formula is C18H17F4N5O. The molecule has 0 saturated heterocycles. The molecule has 6 nitrogen and oxygen atoms in total. The van der Waals surface area contributed by atoms with E-state index in [4.69, 9.17) is 5.73 Å². The van der Waals surface area contributed by atoms with Crippen LogP contribution in [-0.4, -0.2) is 16.4 Å². The molecule has 0 bridgehead atoms. The third-order valence-corrected chi connectivity index (χ3v) is 4.32. The van der Waals surface area contributed by atoms with Gasteiger partial charge in [-0.3, -0.25) is 9.80 Å². The van der Waals surface area contributed by atoms with E-state index in [0.717, 1.165) is 12.1 Å². The molecule has 4 N–H and O–H groups in total. The zero-order chi connectivity index (χ0) is 20.7. The summed E-state index contributed by atoms with van der Waals surface area (Å²) in [5, 5.41) is 3.81. The number of pyridine rings is 1. The minimum absolute atomic E-state index is 0.0478. The van der Waals surface area contributed by atoms with Gasteiger partial charge in [-0.05, 0) is 44.2 Å². The first kappa shape index (κ1) is 19.6. The van der Waals surface area contributed by atoms with E-state index < -0.39 is 29.0 Å². The van der Waals surface area contributed by atoms with Crippen LogP contribution >= 0.6 is 0 Å². The number of alkyl halides is 3. The zero-order valence-corrected chi connectivity index (χ0v) is 14.9. The molecule has 1 unspecified atom stereocenters. The number of aromatic nitrogens is 1. The van der Waals surface area contributed by atoms with Gasteiger partial charge >= 0.3 is 6.18 Å². The Morgan fingerprint density at radius 2 is 2.00 bits per heavy atom. The zero-order valence-electron chi connectivity index (χ0n) is 14.9. The second-order valence-corrected chi connectivity index (χ2v) is 6.49. The molecule has 148 valence electrons. The molecule has 3 rings (SSSR count). The molecular weight excluding hydrogens is 378 g/mol. The number of nitrogens with zero attached hydrogens (tertiary/aromatic N) is 2. The summed E-state index contributed by atoms with van der Waals surface area (Å²) in [6.07, 6.45) is -2.46. The van der Waals surface area contributed by atoms with Gasteiger partial charge in [0.2, 0.25) is 0 Å². The van der Waals surface area contributed by atoms with Gasteiger partial charge in [0.05, 0.1) is 11.3 Å². The Morgan fingerprint density at radius 1 is 1.29 bits per heavy atom. The summed E-state index contributed by atoms with van der Waals surface area (Å²) in [6.45, 7) is 3.09. The lowest BCUT2D eigenvalue weighted by atomic mass is 10.0. The van der Waals surface area contributed by atoms with Gasteiger partial charge in [0.1, 0.15) is 23.0 Å². The number of hydrogen-bond donors (Lipinski definition) is 3. The lowest BCUT2D eigenvalue weighted by Gasteiger charge is -2.28. The lowest BCUT2D eigenvalue weighted by Crippen LogP contribution is -2.53. The highest BCUT2D eigenvalue weighted by molar-refractivity contribution is 5.99. The number of amides is 1. The average molecular weight is 395 g/mol. The van der Waals surface area contributed by atoms with Crippen LogP contribution < -0.4 is 21.5 Å². The molecule has 1 atom stereocenters. The SMILES string of the molecule is Cc1c(F)cccc1N1NC(C)(C(=O)Nc2ccc(C(F)(F)F)cn2)C=C1N. The van der Waals surface area contributed by atoms with Gasteiger partial charge in [-0.15, -0.1) is 0 Å². The maximum atomic E-state index is 13.8. The van der Waals surface area contributed by atoms with Crippen molar-refractivity contribution in [3.8, 4) is 0 Å². The Bertz CT molecular complexity index is 942. The normalized spacial score (nSPS) is 19.5. The Morgan fingerprint density at radius 3 is 2.61 bits per heavy atom. The third-order valence-electron chi connectivity index (χ3n) is 4.32. The van der Waals surface area contributed by atoms with Gasteiger partial charge in [-0.1, -0.05) is 6.07 Å². The molecule has 28 heavy (non-hydrogen) atoms. The van der Waals surface area contributed by atoms with E-state index in [1.807, 2.05) is 0 Å². The predicted octanol–water partition coefficient (Wildman–Crippen LogP) is 3.07. The van der Waals surface area contributed by atoms with Gasteiger partial charge in [-0.25, -0.2) is 14.8 Å². The number of hydrazine groups is 1. The maximum absolute atomic E-state index is 13.8. The monoisotopic (exact) mass is 395 g/mol. The van der Waals surface area contributed by atoms with Crippen molar-refractivity contribution in [2.24, 2.45) is 5.73 Å². The standard InChI is InChI=1S/C18H17F4N5O/c1-10-12(19)4-3-5-13(10)27-14(23)8-17(2,26-27)16(28)25-15-7-6-11(9-24-15)18(20,21)22/h3-9,26H,23H2,1-2H3,(H,24,25,28). The van der Waals surface area contributed by atoms with Crippen molar-refractivity contribution in [1.29, 1.82) is 0 Å². The van der Waals surface area contributed by atoms with Gasteiger partial charge in [0, 0.05) is 11.8 Å². The van der Waals surface area contributed by atoms with Gasteiger partial charge in [-0.2, -0.15) is 13.2 Å². The van der Waals surface area contributed by atoms with Crippen molar-refractivity contribution in [3.63, 3.8) is 0 Å². The quantitative estimate of drug-likeness (QED) is 0.696. The minimum atomic E-state index is -4.52. The van der Waals surface area contributed by atoms with E-state index in [1.54, 1.807) is 13.0 Å². The first-order chi connectivity index (χ1) is 13.0. The van der Waals surface area contributed by atoms with E-state index in [1.165, 1.54) is 30.1 Å². The van der Waals surface area contributed by atoms with Crippen molar-refractivity contribution < 1.29 is 22.4 Å². The Hall–Kier alpha value is -3.14. The summed E-state index contributed by atoms with van der Waals surface area (Å²) >= 11 is 0. The number of hydrogen-bond acceptors (Lipinski definition) is 5. The van der Waals surface area contributed by atoms with Crippen LogP contribution in [0.3, 0.4) is 0 Å². The van der Waals surface area contributed by atoms with Crippen molar-refractivity contribution >= 4 is 17.4 Å². The number of benzene rings is 1. The molecule has 1 amide bonds. The van der Waals surface area contributed by atoms with Crippen LogP contribution in [0.1, 0.15) is 18.1 Å². The third kappa shape index (κ3) is 3.63. The van der Waals surface area contributed by atoms with Crippen LogP contribution in [0, 0.1) is 12.7 Å². The summed E-state index contributed by atoms with van der Waals surface area (Å²) in [5.74, 6) is -0.904. The van der Waals surface area contributed by atoms with E-state index in [2.05, 4.69) is 15.7 Å². The molecule has 2 aromatic rings. The van der Waals surface area contributed by atoms with Crippen LogP contribution in [0.25, 0.3) is 0 Å². The smallest absolute Gasteiger partial charge is 0.384 e. The summed E-state index contributed by atoms with van der Waals surface area (Å²) in [5.41, 5.74) is 7.38. The Labute approximate surface area is 158 Å². The first-order valence-corrected chi connectivity index (χ1v) is 8.17. The lowest BCUT2D eigenvalue weighted by molar-refractivity contribution is -0.137. The van der Waals surface area contributed by atoms with Gasteiger partial charge < -0.3 is 11.1 Å². The molecule has 0 saturated carbocycles. The van der Waals surface area contributed by atoms with Crippen LogP contribution in [0.15, 0.2) is 48.4 Å². The minimum Gasteiger partial charge on any atom is -0.384 e. The fraction of sp³-hybridized carbons (Fsp3) is 0.222. The summed E-state index contributed by atoms with van der Waals surface area (Å²) in [7, 11) is 0. The fourth-order valence-electron chi connectivity index (χ4n) is 2.72. The largest absolute Gasteiger partial charge is 0.417 e. The number of anilines is 2. The Kier molecular flexibility index (Phi) is 4.76. The Balaban J connectivity index is 1.78. The number of carbonyl (C=O) groups excluding carboxylic acids is 1. The maximum Gasteiger partial charge on any atom is 0.417 e. The van der Waals surface area contributed by atoms with Crippen LogP contribution in [-0.2, 0) is 11.0 Å². The number of carbonyl (C=O) groups is 1. The highest BCUT2D eigenvalue weighted by atomic mass is 19.4. The van der Waals surface area contributed by atoms with Crippen LogP contribution in [0.4, 0.5) is 29.1 Å². The highest BCUT2D eigenvalue weighted by Gasteiger charge is 2.40. The molecule has 10 heteroatoms. The number of halogens is 4. The molecule has 0 fully saturated rings. The molecule has 1 aromatic carbocycles. The molecule has 0 aliphatic carbocycles. The first-order valence-electron chi connectivity index (χ1n) is 8.17. The van der Waals surface area contributed by atoms with Crippen molar-refractivity contribution in [2.45, 2.75) is 25.6 Å². The molecule has 0 spiro atoms. The topological polar surface area (TPSA) is 83.3 Å². The van der Waals surface area contributed by atoms with Crippen molar-refractivity contribution in [3.05, 3.63) is 65.4 Å². The summed E-state index contributed by atoms with van der Waals surface area (Å²) < 4.78 is 51.7. The van der Waals surface area contributed by atoms with Crippen molar-refractivity contribution in [2.75, 3.05) is 10.3 Å². The number of nitrogens with two attached hydrogens (primary N) is 1. The van der Waals surface area contributed by atoms with Crippen LogP contribution in [0.5, 0.6) is 0 Å². The van der Waals surface area contributed by atoms with E-state index in [-0.39, 0.29) is 11.6 Å². The summed E-state index contributed by atoms with van der Waals surface area (Å²) in [6, 6.07) is 6.32. The van der Waals surface area contributed by atoms with Crippen LogP contribution in [0.2, 0.25) is 0 Å². The van der Waals surface area contributed by atoms with Gasteiger partial charge in [0.25, 0.3) is 5.91 Å². The fourth-order valence-corrected chi connectivity index (χ4v) is 2.72. The van der Waals surface area contributed by atoms with E-state index in [0.29, 0.717) is 17.4 Å². The molecule has 1 aromatic heterocycles. The second-order valence-electron chi connectivity index (χ2n) is 6.49. The molecule has 1 aliphatic heterocycles. The van der Waals surface area contributed by atoms with E-state index >= 15 is 0 Å². The van der Waals surface area contributed by atoms with Gasteiger partial charge in [0.15, 0.2) is 0 Å². The average Bonchev–Trinajstić information content (AvgIpc) is 2.93.